The van der Waals surface area contributed by atoms with E-state index < -0.39 is 6.04 Å². The van der Waals surface area contributed by atoms with Crippen LogP contribution in [0, 0.1) is 5.41 Å². The summed E-state index contributed by atoms with van der Waals surface area (Å²) in [5, 5.41) is 6.65. The Morgan fingerprint density at radius 2 is 1.59 bits per heavy atom. The number of hydrogen-bond donors (Lipinski definition) is 2. The third-order valence-corrected chi connectivity index (χ3v) is 7.40. The molecule has 3 aromatic carbocycles. The van der Waals surface area contributed by atoms with E-state index in [0.717, 1.165) is 51.7 Å². The molecule has 1 atom stereocenters. The molecule has 2 aliphatic rings. The number of amides is 1. The average Bonchev–Trinajstić information content (AvgIpc) is 3.06. The minimum absolute atomic E-state index is 0.0823. The zero-order valence-electron chi connectivity index (χ0n) is 22.9. The second kappa shape index (κ2) is 10.8. The smallest absolute Gasteiger partial charge is 0.239 e. The highest BCUT2D eigenvalue weighted by Gasteiger charge is 2.41. The van der Waals surface area contributed by atoms with Crippen molar-refractivity contribution in [2.45, 2.75) is 39.3 Å². The summed E-state index contributed by atoms with van der Waals surface area (Å²) < 4.78 is 10.6. The first-order valence-electron chi connectivity index (χ1n) is 13.2. The van der Waals surface area contributed by atoms with Crippen molar-refractivity contribution in [1.29, 1.82) is 0 Å². The summed E-state index contributed by atoms with van der Waals surface area (Å²) in [5.74, 6) is 1.48. The molecule has 0 bridgehead atoms. The monoisotopic (exact) mass is 525 g/mol. The predicted octanol–water partition coefficient (Wildman–Crippen LogP) is 5.64. The van der Waals surface area contributed by atoms with Crippen LogP contribution in [-0.4, -0.2) is 32.5 Å². The Morgan fingerprint density at radius 3 is 2.26 bits per heavy atom. The molecular formula is C32H35N3O4. The molecule has 0 fully saturated rings. The Balaban J connectivity index is 1.53. The molecule has 0 radical (unpaired) electrons. The van der Waals surface area contributed by atoms with E-state index in [1.54, 1.807) is 14.2 Å². The number of carbonyl (C=O) groups excluding carboxylic acids is 2. The third-order valence-electron chi connectivity index (χ3n) is 7.40. The van der Waals surface area contributed by atoms with Gasteiger partial charge in [0.1, 0.15) is 11.5 Å². The van der Waals surface area contributed by atoms with Crippen molar-refractivity contribution < 1.29 is 19.1 Å². The van der Waals surface area contributed by atoms with Gasteiger partial charge in [0.05, 0.1) is 38.2 Å². The van der Waals surface area contributed by atoms with Gasteiger partial charge in [0.2, 0.25) is 5.91 Å². The van der Waals surface area contributed by atoms with Crippen LogP contribution in [0.3, 0.4) is 0 Å². The number of allylic oxidation sites excluding steroid dienone is 1. The lowest BCUT2D eigenvalue weighted by molar-refractivity contribution is -0.120. The van der Waals surface area contributed by atoms with E-state index in [1.165, 1.54) is 0 Å². The maximum absolute atomic E-state index is 13.8. The summed E-state index contributed by atoms with van der Waals surface area (Å²) in [6, 6.07) is 22.9. The summed E-state index contributed by atoms with van der Waals surface area (Å²) in [4.78, 5) is 29.3. The lowest BCUT2D eigenvalue weighted by Gasteiger charge is -2.38. The number of benzene rings is 3. The number of Topliss-reactive ketones (excluding diaryl/α,β-unsaturated/α-hetero) is 1. The molecule has 0 aromatic heterocycles. The van der Waals surface area contributed by atoms with Gasteiger partial charge in [0.15, 0.2) is 5.78 Å². The molecule has 1 heterocycles. The van der Waals surface area contributed by atoms with Gasteiger partial charge in [-0.2, -0.15) is 0 Å². The molecule has 1 aliphatic heterocycles. The zero-order chi connectivity index (χ0) is 27.6. The van der Waals surface area contributed by atoms with Crippen LogP contribution in [0.1, 0.15) is 43.9 Å². The lowest BCUT2D eigenvalue weighted by atomic mass is 9.73. The number of para-hydroxylation sites is 2. The summed E-state index contributed by atoms with van der Waals surface area (Å²) >= 11 is 0. The number of fused-ring (bicyclic) bond motifs is 1. The summed E-state index contributed by atoms with van der Waals surface area (Å²) in [5.41, 5.74) is 5.14. The Bertz CT molecular complexity index is 1390. The van der Waals surface area contributed by atoms with E-state index in [2.05, 4.69) is 24.5 Å². The van der Waals surface area contributed by atoms with Crippen LogP contribution in [0.15, 0.2) is 84.1 Å². The standard InChI is InChI=1S/C32H35N3O4/c1-32(2)17-26-30(28(36)18-32)31(22-11-15-24(39-4)16-12-22)35(27-8-6-5-7-25(27)34-26)20-29(37)33-19-21-9-13-23(38-3)14-10-21/h5-16,31,34H,17-20H2,1-4H3,(H,33,37). The van der Waals surface area contributed by atoms with Gasteiger partial charge in [-0.1, -0.05) is 50.2 Å². The number of rotatable bonds is 7. The molecule has 1 aliphatic carbocycles. The summed E-state index contributed by atoms with van der Waals surface area (Å²) in [7, 11) is 3.26. The molecule has 3 aromatic rings. The second-order valence-corrected chi connectivity index (χ2v) is 10.9. The van der Waals surface area contributed by atoms with Crippen LogP contribution in [0.4, 0.5) is 11.4 Å². The minimum Gasteiger partial charge on any atom is -0.497 e. The van der Waals surface area contributed by atoms with Crippen LogP contribution in [-0.2, 0) is 16.1 Å². The maximum atomic E-state index is 13.8. The van der Waals surface area contributed by atoms with Gasteiger partial charge in [-0.25, -0.2) is 0 Å². The van der Waals surface area contributed by atoms with Crippen molar-refractivity contribution >= 4 is 23.1 Å². The van der Waals surface area contributed by atoms with E-state index in [1.807, 2.05) is 77.7 Å². The fourth-order valence-corrected chi connectivity index (χ4v) is 5.51. The molecule has 1 unspecified atom stereocenters. The molecule has 0 spiro atoms. The van der Waals surface area contributed by atoms with Gasteiger partial charge >= 0.3 is 0 Å². The number of carbonyl (C=O) groups is 2. The van der Waals surface area contributed by atoms with Crippen molar-refractivity contribution in [2.24, 2.45) is 5.41 Å². The quantitative estimate of drug-likeness (QED) is 0.416. The first-order chi connectivity index (χ1) is 18.8. The van der Waals surface area contributed by atoms with E-state index in [-0.39, 0.29) is 23.7 Å². The predicted molar refractivity (Wildman–Crippen MR) is 153 cm³/mol. The van der Waals surface area contributed by atoms with Crippen molar-refractivity contribution in [1.82, 2.24) is 5.32 Å². The van der Waals surface area contributed by atoms with E-state index in [4.69, 9.17) is 9.47 Å². The van der Waals surface area contributed by atoms with Crippen LogP contribution < -0.4 is 25.0 Å². The van der Waals surface area contributed by atoms with E-state index in [9.17, 15) is 9.59 Å². The largest absolute Gasteiger partial charge is 0.497 e. The first kappa shape index (κ1) is 26.4. The number of nitrogens with zero attached hydrogens (tertiary/aromatic N) is 1. The number of ketones is 1. The minimum atomic E-state index is -0.433. The molecule has 0 saturated heterocycles. The third kappa shape index (κ3) is 5.62. The van der Waals surface area contributed by atoms with Gasteiger partial charge in [-0.3, -0.25) is 9.59 Å². The van der Waals surface area contributed by atoms with Gasteiger partial charge in [-0.05, 0) is 59.4 Å². The molecule has 5 rings (SSSR count). The van der Waals surface area contributed by atoms with Crippen molar-refractivity contribution in [2.75, 3.05) is 31.0 Å². The Labute approximate surface area is 229 Å². The topological polar surface area (TPSA) is 79.9 Å². The van der Waals surface area contributed by atoms with Crippen molar-refractivity contribution in [3.05, 3.63) is 95.2 Å². The average molecular weight is 526 g/mol. The molecule has 2 N–H and O–H groups in total. The normalized spacial score (nSPS) is 17.9. The Kier molecular flexibility index (Phi) is 7.33. The number of ether oxygens (including phenoxy) is 2. The van der Waals surface area contributed by atoms with Crippen LogP contribution in [0.25, 0.3) is 0 Å². The fourth-order valence-electron chi connectivity index (χ4n) is 5.51. The van der Waals surface area contributed by atoms with Gasteiger partial charge in [0.25, 0.3) is 0 Å². The van der Waals surface area contributed by atoms with E-state index >= 15 is 0 Å². The van der Waals surface area contributed by atoms with Crippen LogP contribution in [0.2, 0.25) is 0 Å². The van der Waals surface area contributed by atoms with Crippen molar-refractivity contribution in [3.8, 4) is 11.5 Å². The van der Waals surface area contributed by atoms with Gasteiger partial charge in [-0.15, -0.1) is 0 Å². The maximum Gasteiger partial charge on any atom is 0.239 e. The number of nitrogens with one attached hydrogen (secondary N) is 2. The van der Waals surface area contributed by atoms with Crippen molar-refractivity contribution in [3.63, 3.8) is 0 Å². The van der Waals surface area contributed by atoms with E-state index in [0.29, 0.717) is 13.0 Å². The Morgan fingerprint density at radius 1 is 0.949 bits per heavy atom. The number of anilines is 2. The molecule has 1 amide bonds. The highest BCUT2D eigenvalue weighted by atomic mass is 16.5. The van der Waals surface area contributed by atoms with Gasteiger partial charge in [0, 0.05) is 24.2 Å². The summed E-state index contributed by atoms with van der Waals surface area (Å²) in [6.07, 6.45) is 1.20. The highest BCUT2D eigenvalue weighted by Crippen LogP contribution is 2.48. The first-order valence-corrected chi connectivity index (χ1v) is 13.2. The number of hydrogen-bond acceptors (Lipinski definition) is 6. The van der Waals surface area contributed by atoms with Crippen LogP contribution in [0.5, 0.6) is 11.5 Å². The lowest BCUT2D eigenvalue weighted by Crippen LogP contribution is -2.41. The van der Waals surface area contributed by atoms with Gasteiger partial charge < -0.3 is 25.0 Å². The SMILES string of the molecule is COc1ccc(CNC(=O)CN2c3ccccc3NC3=C(C(=O)CC(C)(C)C3)C2c2ccc(OC)cc2)cc1. The molecule has 7 heteroatoms. The molecule has 39 heavy (non-hydrogen) atoms. The number of methoxy groups -OCH3 is 2. The summed E-state index contributed by atoms with van der Waals surface area (Å²) in [6.45, 7) is 4.73. The molecule has 7 nitrogen and oxygen atoms in total. The molecule has 0 saturated carbocycles. The Hall–Kier alpha value is -4.26. The fraction of sp³-hybridized carbons (Fsp3) is 0.312. The molecular weight excluding hydrogens is 490 g/mol. The highest BCUT2D eigenvalue weighted by molar-refractivity contribution is 6.01. The second-order valence-electron chi connectivity index (χ2n) is 10.9. The zero-order valence-corrected chi connectivity index (χ0v) is 22.9. The van der Waals surface area contributed by atoms with Crippen LogP contribution >= 0.6 is 0 Å². The molecule has 202 valence electrons.